The molecule has 88 valence electrons. The summed E-state index contributed by atoms with van der Waals surface area (Å²) in [7, 11) is 0. The van der Waals surface area contributed by atoms with Gasteiger partial charge in [0.05, 0.1) is 11.4 Å². The van der Waals surface area contributed by atoms with E-state index in [4.69, 9.17) is 17.3 Å². The minimum Gasteiger partial charge on any atom is -0.396 e. The molecular formula is C12H11BrClN3. The van der Waals surface area contributed by atoms with Gasteiger partial charge in [-0.3, -0.25) is 0 Å². The summed E-state index contributed by atoms with van der Waals surface area (Å²) in [6, 6.07) is 7.36. The summed E-state index contributed by atoms with van der Waals surface area (Å²) in [5.74, 6) is 0.638. The second kappa shape index (κ2) is 4.94. The lowest BCUT2D eigenvalue weighted by molar-refractivity contribution is 1.26. The fraction of sp³-hybridized carbons (Fsp3) is 0.0833. The van der Waals surface area contributed by atoms with Crippen molar-refractivity contribution in [3.8, 4) is 0 Å². The molecule has 0 amide bonds. The van der Waals surface area contributed by atoms with Crippen molar-refractivity contribution in [1.29, 1.82) is 0 Å². The lowest BCUT2D eigenvalue weighted by Gasteiger charge is -2.10. The van der Waals surface area contributed by atoms with Gasteiger partial charge in [-0.2, -0.15) is 0 Å². The quantitative estimate of drug-likeness (QED) is 0.876. The number of benzene rings is 1. The van der Waals surface area contributed by atoms with Gasteiger partial charge in [-0.1, -0.05) is 11.6 Å². The summed E-state index contributed by atoms with van der Waals surface area (Å²) in [4.78, 5) is 4.25. The maximum absolute atomic E-state index is 5.88. The Bertz CT molecular complexity index is 508. The molecule has 1 aromatic carbocycles. The second-order valence-corrected chi connectivity index (χ2v) is 4.99. The van der Waals surface area contributed by atoms with Crippen LogP contribution in [-0.2, 0) is 0 Å². The number of aromatic nitrogens is 1. The predicted molar refractivity (Wildman–Crippen MR) is 75.8 cm³/mol. The fourth-order valence-corrected chi connectivity index (χ4v) is 2.20. The molecule has 2 rings (SSSR count). The number of halogens is 2. The average molecular weight is 313 g/mol. The third-order valence-electron chi connectivity index (χ3n) is 2.24. The number of nitrogen functional groups attached to an aromatic ring is 1. The number of nitrogens with two attached hydrogens (primary N) is 1. The Morgan fingerprint density at radius 1 is 1.35 bits per heavy atom. The van der Waals surface area contributed by atoms with Gasteiger partial charge in [0, 0.05) is 15.7 Å². The smallest absolute Gasteiger partial charge is 0.153 e. The van der Waals surface area contributed by atoms with Crippen LogP contribution in [0, 0.1) is 6.92 Å². The van der Waals surface area contributed by atoms with Crippen LogP contribution in [0.15, 0.2) is 34.9 Å². The van der Waals surface area contributed by atoms with Gasteiger partial charge in [0.2, 0.25) is 0 Å². The molecule has 1 aromatic heterocycles. The zero-order valence-electron chi connectivity index (χ0n) is 9.17. The van der Waals surface area contributed by atoms with Crippen molar-refractivity contribution < 1.29 is 0 Å². The first-order chi connectivity index (χ1) is 8.06. The van der Waals surface area contributed by atoms with E-state index in [-0.39, 0.29) is 0 Å². The molecule has 17 heavy (non-hydrogen) atoms. The Hall–Kier alpha value is -1.26. The summed E-state index contributed by atoms with van der Waals surface area (Å²) < 4.78 is 0.867. The number of pyridine rings is 1. The zero-order valence-corrected chi connectivity index (χ0v) is 11.5. The van der Waals surface area contributed by atoms with E-state index in [1.54, 1.807) is 12.3 Å². The number of nitrogens with one attached hydrogen (secondary N) is 1. The van der Waals surface area contributed by atoms with Crippen LogP contribution >= 0.6 is 27.5 Å². The van der Waals surface area contributed by atoms with Crippen molar-refractivity contribution in [2.24, 2.45) is 0 Å². The molecule has 2 aromatic rings. The molecule has 3 N–H and O–H groups in total. The minimum atomic E-state index is 0.617. The van der Waals surface area contributed by atoms with Gasteiger partial charge in [-0.05, 0) is 52.7 Å². The van der Waals surface area contributed by atoms with Crippen LogP contribution in [0.25, 0.3) is 0 Å². The van der Waals surface area contributed by atoms with Crippen molar-refractivity contribution in [2.75, 3.05) is 11.1 Å². The van der Waals surface area contributed by atoms with Gasteiger partial charge in [0.15, 0.2) is 5.82 Å². The largest absolute Gasteiger partial charge is 0.396 e. The van der Waals surface area contributed by atoms with Crippen LogP contribution in [0.4, 0.5) is 17.2 Å². The number of anilines is 3. The SMILES string of the molecule is Cc1cnc(Nc2ccc(Cl)cc2Br)c(N)c1. The summed E-state index contributed by atoms with van der Waals surface area (Å²) >= 11 is 9.30. The van der Waals surface area contributed by atoms with Crippen LogP contribution in [0.5, 0.6) is 0 Å². The number of rotatable bonds is 2. The lowest BCUT2D eigenvalue weighted by atomic mass is 10.2. The minimum absolute atomic E-state index is 0.617. The molecule has 0 bridgehead atoms. The lowest BCUT2D eigenvalue weighted by Crippen LogP contribution is -2.00. The predicted octanol–water partition coefficient (Wildman–Crippen LogP) is 4.13. The highest BCUT2D eigenvalue weighted by molar-refractivity contribution is 9.10. The fourth-order valence-electron chi connectivity index (χ4n) is 1.41. The third kappa shape index (κ3) is 2.90. The molecule has 0 saturated carbocycles. The molecular weight excluding hydrogens is 302 g/mol. The Morgan fingerprint density at radius 3 is 2.76 bits per heavy atom. The Morgan fingerprint density at radius 2 is 2.12 bits per heavy atom. The monoisotopic (exact) mass is 311 g/mol. The molecule has 0 unspecified atom stereocenters. The highest BCUT2D eigenvalue weighted by atomic mass is 79.9. The van der Waals surface area contributed by atoms with E-state index in [1.807, 2.05) is 25.1 Å². The Balaban J connectivity index is 2.31. The Labute approximate surface area is 113 Å². The molecule has 0 spiro atoms. The highest BCUT2D eigenvalue weighted by Gasteiger charge is 2.05. The number of hydrogen-bond donors (Lipinski definition) is 2. The normalized spacial score (nSPS) is 10.3. The first kappa shape index (κ1) is 12.2. The molecule has 0 radical (unpaired) electrons. The van der Waals surface area contributed by atoms with Gasteiger partial charge in [0.1, 0.15) is 0 Å². The summed E-state index contributed by atoms with van der Waals surface area (Å²) in [6.07, 6.45) is 1.77. The first-order valence-corrected chi connectivity index (χ1v) is 6.17. The molecule has 0 aliphatic heterocycles. The molecule has 0 fully saturated rings. The van der Waals surface area contributed by atoms with Crippen molar-refractivity contribution in [1.82, 2.24) is 4.98 Å². The van der Waals surface area contributed by atoms with E-state index in [0.29, 0.717) is 16.5 Å². The van der Waals surface area contributed by atoms with E-state index < -0.39 is 0 Å². The van der Waals surface area contributed by atoms with Gasteiger partial charge >= 0.3 is 0 Å². The van der Waals surface area contributed by atoms with E-state index in [2.05, 4.69) is 26.2 Å². The highest BCUT2D eigenvalue weighted by Crippen LogP contribution is 2.29. The number of nitrogens with zero attached hydrogens (tertiary/aromatic N) is 1. The van der Waals surface area contributed by atoms with E-state index >= 15 is 0 Å². The van der Waals surface area contributed by atoms with Gasteiger partial charge in [0.25, 0.3) is 0 Å². The zero-order chi connectivity index (χ0) is 12.4. The molecule has 0 saturated heterocycles. The number of hydrogen-bond acceptors (Lipinski definition) is 3. The third-order valence-corrected chi connectivity index (χ3v) is 3.13. The Kier molecular flexibility index (Phi) is 3.54. The van der Waals surface area contributed by atoms with E-state index in [1.165, 1.54) is 0 Å². The van der Waals surface area contributed by atoms with Crippen molar-refractivity contribution >= 4 is 44.7 Å². The van der Waals surface area contributed by atoms with Gasteiger partial charge < -0.3 is 11.1 Å². The summed E-state index contributed by atoms with van der Waals surface area (Å²) in [6.45, 7) is 1.95. The topological polar surface area (TPSA) is 50.9 Å². The van der Waals surface area contributed by atoms with Crippen molar-refractivity contribution in [3.63, 3.8) is 0 Å². The molecule has 1 heterocycles. The van der Waals surface area contributed by atoms with Crippen LogP contribution in [0.1, 0.15) is 5.56 Å². The summed E-state index contributed by atoms with van der Waals surface area (Å²) in [5, 5.41) is 3.83. The van der Waals surface area contributed by atoms with E-state index in [9.17, 15) is 0 Å². The average Bonchev–Trinajstić information content (AvgIpc) is 2.25. The first-order valence-electron chi connectivity index (χ1n) is 5.00. The molecule has 5 heteroatoms. The maximum atomic E-state index is 5.88. The standard InChI is InChI=1S/C12H11BrClN3/c1-7-4-10(15)12(16-6-7)17-11-3-2-8(14)5-9(11)13/h2-6H,15H2,1H3,(H,16,17). The molecule has 0 atom stereocenters. The van der Waals surface area contributed by atoms with Crippen molar-refractivity contribution in [2.45, 2.75) is 6.92 Å². The number of aryl methyl sites for hydroxylation is 1. The van der Waals surface area contributed by atoms with Crippen LogP contribution in [-0.4, -0.2) is 4.98 Å². The molecule has 3 nitrogen and oxygen atoms in total. The van der Waals surface area contributed by atoms with Crippen LogP contribution in [0.3, 0.4) is 0 Å². The van der Waals surface area contributed by atoms with Gasteiger partial charge in [-0.15, -0.1) is 0 Å². The van der Waals surface area contributed by atoms with Crippen LogP contribution in [0.2, 0.25) is 5.02 Å². The molecule has 0 aliphatic rings. The summed E-state index contributed by atoms with van der Waals surface area (Å²) in [5.41, 5.74) is 8.40. The van der Waals surface area contributed by atoms with Gasteiger partial charge in [-0.25, -0.2) is 4.98 Å². The van der Waals surface area contributed by atoms with Crippen molar-refractivity contribution in [3.05, 3.63) is 45.5 Å². The van der Waals surface area contributed by atoms with Crippen LogP contribution < -0.4 is 11.1 Å². The van der Waals surface area contributed by atoms with E-state index in [0.717, 1.165) is 15.7 Å². The second-order valence-electron chi connectivity index (χ2n) is 3.70. The molecule has 0 aliphatic carbocycles. The maximum Gasteiger partial charge on any atom is 0.153 e.